The molecular weight excluding hydrogens is 294 g/mol. The van der Waals surface area contributed by atoms with Crippen molar-refractivity contribution in [2.24, 2.45) is 5.92 Å². The summed E-state index contributed by atoms with van der Waals surface area (Å²) in [6.07, 6.45) is 7.70. The molecule has 2 N–H and O–H groups in total. The fraction of sp³-hybridized carbons (Fsp3) is 0.882. The summed E-state index contributed by atoms with van der Waals surface area (Å²) in [6.45, 7) is 3.27. The molecule has 0 radical (unpaired) electrons. The quantitative estimate of drug-likeness (QED) is 0.832. The van der Waals surface area contributed by atoms with Crippen LogP contribution >= 0.6 is 0 Å². The third kappa shape index (κ3) is 4.16. The van der Waals surface area contributed by atoms with Gasteiger partial charge in [0.05, 0.1) is 0 Å². The van der Waals surface area contributed by atoms with Crippen molar-refractivity contribution in [3.63, 3.8) is 0 Å². The van der Waals surface area contributed by atoms with Gasteiger partial charge in [-0.1, -0.05) is 12.8 Å². The second kappa shape index (κ2) is 7.51. The lowest BCUT2D eigenvalue weighted by molar-refractivity contribution is -0.126. The van der Waals surface area contributed by atoms with Crippen LogP contribution in [0.4, 0.5) is 4.79 Å². The van der Waals surface area contributed by atoms with Crippen LogP contribution in [0, 0.1) is 5.92 Å². The first-order valence-electron chi connectivity index (χ1n) is 9.16. The van der Waals surface area contributed by atoms with Gasteiger partial charge in [-0.25, -0.2) is 4.79 Å². The van der Waals surface area contributed by atoms with E-state index in [9.17, 15) is 9.59 Å². The van der Waals surface area contributed by atoms with Gasteiger partial charge in [0, 0.05) is 37.6 Å². The zero-order valence-electron chi connectivity index (χ0n) is 13.9. The maximum Gasteiger partial charge on any atom is 0.407 e. The zero-order valence-corrected chi connectivity index (χ0v) is 13.9. The van der Waals surface area contributed by atoms with Crippen molar-refractivity contribution < 1.29 is 14.7 Å². The molecule has 2 aliphatic heterocycles. The molecule has 3 fully saturated rings. The summed E-state index contributed by atoms with van der Waals surface area (Å²) in [5.74, 6) is 0.499. The second-order valence-corrected chi connectivity index (χ2v) is 7.32. The summed E-state index contributed by atoms with van der Waals surface area (Å²) >= 11 is 0. The fourth-order valence-corrected chi connectivity index (χ4v) is 4.39. The van der Waals surface area contributed by atoms with Gasteiger partial charge in [-0.15, -0.1) is 0 Å². The van der Waals surface area contributed by atoms with Gasteiger partial charge in [0.1, 0.15) is 0 Å². The number of hydrogen-bond donors (Lipinski definition) is 2. The van der Waals surface area contributed by atoms with E-state index in [0.717, 1.165) is 51.6 Å². The van der Waals surface area contributed by atoms with Crippen LogP contribution in [0.15, 0.2) is 0 Å². The Morgan fingerprint density at radius 3 is 2.26 bits per heavy atom. The van der Waals surface area contributed by atoms with Crippen LogP contribution in [-0.4, -0.2) is 65.2 Å². The first-order chi connectivity index (χ1) is 11.1. The third-order valence-electron chi connectivity index (χ3n) is 5.78. The summed E-state index contributed by atoms with van der Waals surface area (Å²) in [4.78, 5) is 27.3. The predicted molar refractivity (Wildman–Crippen MR) is 87.3 cm³/mol. The highest BCUT2D eigenvalue weighted by atomic mass is 16.4. The van der Waals surface area contributed by atoms with Crippen molar-refractivity contribution in [1.29, 1.82) is 0 Å². The Morgan fingerprint density at radius 2 is 1.61 bits per heavy atom. The number of hydrogen-bond acceptors (Lipinski definition) is 3. The van der Waals surface area contributed by atoms with Crippen LogP contribution in [0.5, 0.6) is 0 Å². The van der Waals surface area contributed by atoms with E-state index >= 15 is 0 Å². The molecule has 6 nitrogen and oxygen atoms in total. The molecule has 2 saturated heterocycles. The Kier molecular flexibility index (Phi) is 5.41. The molecule has 130 valence electrons. The molecule has 6 heteroatoms. The molecule has 0 aromatic heterocycles. The molecule has 1 unspecified atom stereocenters. The zero-order chi connectivity index (χ0) is 16.2. The first kappa shape index (κ1) is 16.6. The highest BCUT2D eigenvalue weighted by Crippen LogP contribution is 2.26. The Bertz CT molecular complexity index is 429. The summed E-state index contributed by atoms with van der Waals surface area (Å²) in [6, 6.07) is 0.742. The number of nitrogens with zero attached hydrogens (tertiary/aromatic N) is 2. The van der Waals surface area contributed by atoms with Crippen molar-refractivity contribution in [3.05, 3.63) is 0 Å². The number of carbonyl (C=O) groups is 2. The summed E-state index contributed by atoms with van der Waals surface area (Å²) < 4.78 is 0. The van der Waals surface area contributed by atoms with Crippen LogP contribution in [0.3, 0.4) is 0 Å². The van der Waals surface area contributed by atoms with E-state index < -0.39 is 6.09 Å². The van der Waals surface area contributed by atoms with Crippen LogP contribution in [0.25, 0.3) is 0 Å². The monoisotopic (exact) mass is 323 g/mol. The predicted octanol–water partition coefficient (Wildman–Crippen LogP) is 1.90. The number of piperidine rings is 2. The molecule has 23 heavy (non-hydrogen) atoms. The first-order valence-corrected chi connectivity index (χ1v) is 9.16. The second-order valence-electron chi connectivity index (χ2n) is 7.32. The summed E-state index contributed by atoms with van der Waals surface area (Å²) in [5.41, 5.74) is 0. The number of rotatable bonds is 3. The lowest BCUT2D eigenvalue weighted by Crippen LogP contribution is -2.54. The van der Waals surface area contributed by atoms with Crippen LogP contribution < -0.4 is 5.32 Å². The molecule has 1 aliphatic carbocycles. The fourth-order valence-electron chi connectivity index (χ4n) is 4.39. The molecule has 2 heterocycles. The highest BCUT2D eigenvalue weighted by Gasteiger charge is 2.31. The Balaban J connectivity index is 1.46. The maximum atomic E-state index is 12.3. The van der Waals surface area contributed by atoms with E-state index in [-0.39, 0.29) is 17.9 Å². The number of amides is 2. The summed E-state index contributed by atoms with van der Waals surface area (Å²) in [7, 11) is 0. The van der Waals surface area contributed by atoms with Gasteiger partial charge in [-0.3, -0.25) is 9.69 Å². The molecule has 2 amide bonds. The maximum absolute atomic E-state index is 12.3. The molecule has 3 aliphatic rings. The van der Waals surface area contributed by atoms with Crippen molar-refractivity contribution in [2.45, 2.75) is 63.5 Å². The topological polar surface area (TPSA) is 72.9 Å². The standard InChI is InChI=1S/C17H29N3O3/c21-16(13-4-1-2-5-13)18-14-6-3-9-20(12-14)15-7-10-19(11-8-15)17(22)23/h13-15H,1-12H2,(H,18,21)(H,22,23). The van der Waals surface area contributed by atoms with Crippen molar-refractivity contribution in [2.75, 3.05) is 26.2 Å². The van der Waals surface area contributed by atoms with Crippen molar-refractivity contribution in [1.82, 2.24) is 15.1 Å². The average Bonchev–Trinajstić information content (AvgIpc) is 3.10. The van der Waals surface area contributed by atoms with Crippen LogP contribution in [0.1, 0.15) is 51.4 Å². The smallest absolute Gasteiger partial charge is 0.407 e. The Labute approximate surface area is 138 Å². The lowest BCUT2D eigenvalue weighted by Gasteiger charge is -2.42. The van der Waals surface area contributed by atoms with E-state index in [0.29, 0.717) is 19.1 Å². The van der Waals surface area contributed by atoms with Gasteiger partial charge in [-0.05, 0) is 45.1 Å². The molecule has 1 saturated carbocycles. The average molecular weight is 323 g/mol. The van der Waals surface area contributed by atoms with Gasteiger partial charge < -0.3 is 15.3 Å². The molecule has 0 aromatic rings. The van der Waals surface area contributed by atoms with Gasteiger partial charge in [0.25, 0.3) is 0 Å². The summed E-state index contributed by atoms with van der Waals surface area (Å²) in [5, 5.41) is 12.3. The lowest BCUT2D eigenvalue weighted by atomic mass is 9.97. The number of nitrogens with one attached hydrogen (secondary N) is 1. The molecule has 3 rings (SSSR count). The molecule has 0 bridgehead atoms. The van der Waals surface area contributed by atoms with E-state index in [2.05, 4.69) is 10.2 Å². The van der Waals surface area contributed by atoms with Crippen LogP contribution in [-0.2, 0) is 4.79 Å². The van der Waals surface area contributed by atoms with E-state index in [1.807, 2.05) is 0 Å². The van der Waals surface area contributed by atoms with Crippen molar-refractivity contribution >= 4 is 12.0 Å². The largest absolute Gasteiger partial charge is 0.465 e. The molecule has 1 atom stereocenters. The van der Waals surface area contributed by atoms with E-state index in [1.54, 1.807) is 0 Å². The minimum atomic E-state index is -0.802. The molecular formula is C17H29N3O3. The number of carbonyl (C=O) groups excluding carboxylic acids is 1. The van der Waals surface area contributed by atoms with E-state index in [4.69, 9.17) is 5.11 Å². The normalized spacial score (nSPS) is 28.0. The minimum Gasteiger partial charge on any atom is -0.465 e. The molecule has 0 spiro atoms. The van der Waals surface area contributed by atoms with Gasteiger partial charge in [0.2, 0.25) is 5.91 Å². The highest BCUT2D eigenvalue weighted by molar-refractivity contribution is 5.79. The number of carboxylic acid groups (broad SMARTS) is 1. The number of likely N-dealkylation sites (tertiary alicyclic amines) is 2. The van der Waals surface area contributed by atoms with Crippen LogP contribution in [0.2, 0.25) is 0 Å². The van der Waals surface area contributed by atoms with Gasteiger partial charge in [-0.2, -0.15) is 0 Å². The minimum absolute atomic E-state index is 0.240. The van der Waals surface area contributed by atoms with E-state index in [1.165, 1.54) is 17.7 Å². The Morgan fingerprint density at radius 1 is 0.913 bits per heavy atom. The Hall–Kier alpha value is -1.30. The van der Waals surface area contributed by atoms with Crippen molar-refractivity contribution in [3.8, 4) is 0 Å². The van der Waals surface area contributed by atoms with Gasteiger partial charge >= 0.3 is 6.09 Å². The third-order valence-corrected chi connectivity index (χ3v) is 5.78. The van der Waals surface area contributed by atoms with Gasteiger partial charge in [0.15, 0.2) is 0 Å². The molecule has 0 aromatic carbocycles. The SMILES string of the molecule is O=C(NC1CCCN(C2CCN(C(=O)O)CC2)C1)C1CCCC1.